The Kier molecular flexibility index (Phi) is 8.26. The molecule has 22 heavy (non-hydrogen) atoms. The van der Waals surface area contributed by atoms with E-state index < -0.39 is 5.97 Å². The van der Waals surface area contributed by atoms with Gasteiger partial charge >= 0.3 is 5.97 Å². The lowest BCUT2D eigenvalue weighted by atomic mass is 9.97. The average molecular weight is 305 g/mol. The summed E-state index contributed by atoms with van der Waals surface area (Å²) in [6.07, 6.45) is 3.70. The first-order chi connectivity index (χ1) is 10.5. The number of carbonyl (C=O) groups excluding carboxylic acids is 1. The topological polar surface area (TPSA) is 66.4 Å². The van der Waals surface area contributed by atoms with Crippen LogP contribution >= 0.6 is 0 Å². The van der Waals surface area contributed by atoms with E-state index in [9.17, 15) is 9.59 Å². The maximum Gasteiger partial charge on any atom is 0.303 e. The Labute approximate surface area is 132 Å². The van der Waals surface area contributed by atoms with E-state index in [0.29, 0.717) is 25.2 Å². The smallest absolute Gasteiger partial charge is 0.303 e. The Bertz CT molecular complexity index is 455. The van der Waals surface area contributed by atoms with Gasteiger partial charge in [-0.25, -0.2) is 0 Å². The predicted octanol–water partition coefficient (Wildman–Crippen LogP) is 3.41. The van der Waals surface area contributed by atoms with E-state index in [1.54, 1.807) is 0 Å². The van der Waals surface area contributed by atoms with Crippen LogP contribution in [0.3, 0.4) is 0 Å². The Hall–Kier alpha value is -1.84. The highest BCUT2D eigenvalue weighted by atomic mass is 16.4. The van der Waals surface area contributed by atoms with Gasteiger partial charge in [0.1, 0.15) is 0 Å². The summed E-state index contributed by atoms with van der Waals surface area (Å²) in [6, 6.07) is 9.73. The fourth-order valence-corrected chi connectivity index (χ4v) is 2.55. The van der Waals surface area contributed by atoms with Gasteiger partial charge in [-0.2, -0.15) is 0 Å². The summed E-state index contributed by atoms with van der Waals surface area (Å²) < 4.78 is 0. The van der Waals surface area contributed by atoms with Gasteiger partial charge in [-0.15, -0.1) is 0 Å². The van der Waals surface area contributed by atoms with Crippen LogP contribution in [0.1, 0.15) is 51.5 Å². The number of carbonyl (C=O) groups is 2. The molecule has 0 fully saturated rings. The lowest BCUT2D eigenvalue weighted by Crippen LogP contribution is -2.37. The number of amides is 1. The van der Waals surface area contributed by atoms with Crippen molar-refractivity contribution in [2.24, 2.45) is 5.92 Å². The van der Waals surface area contributed by atoms with Crippen LogP contribution in [0.25, 0.3) is 0 Å². The van der Waals surface area contributed by atoms with Crippen LogP contribution in [0, 0.1) is 5.92 Å². The second kappa shape index (κ2) is 9.98. The van der Waals surface area contributed by atoms with Crippen molar-refractivity contribution in [1.29, 1.82) is 0 Å². The maximum atomic E-state index is 12.2. The normalized spacial score (nSPS) is 12.1. The van der Waals surface area contributed by atoms with Crippen LogP contribution < -0.4 is 5.32 Å². The molecule has 0 aromatic heterocycles. The zero-order chi connectivity index (χ0) is 16.4. The van der Waals surface area contributed by atoms with E-state index in [1.807, 2.05) is 30.3 Å². The van der Waals surface area contributed by atoms with Gasteiger partial charge in [-0.3, -0.25) is 9.59 Å². The second-order valence-corrected chi connectivity index (χ2v) is 5.77. The molecule has 0 aliphatic carbocycles. The van der Waals surface area contributed by atoms with E-state index in [1.165, 1.54) is 0 Å². The number of rotatable bonds is 10. The highest BCUT2D eigenvalue weighted by Gasteiger charge is 2.17. The standard InChI is InChI=1S/C18H27NO3/c1-3-14(4-2)13-17(20)19-16(10-11-18(21)22)12-15-8-6-5-7-9-15/h5-9,14,16H,3-4,10-13H2,1-2H3,(H,19,20)(H,21,22). The molecule has 0 bridgehead atoms. The molecular formula is C18H27NO3. The van der Waals surface area contributed by atoms with Crippen LogP contribution in [0.4, 0.5) is 0 Å². The maximum absolute atomic E-state index is 12.2. The lowest BCUT2D eigenvalue weighted by molar-refractivity contribution is -0.137. The minimum Gasteiger partial charge on any atom is -0.481 e. The third kappa shape index (κ3) is 7.25. The monoisotopic (exact) mass is 305 g/mol. The van der Waals surface area contributed by atoms with Gasteiger partial charge in [-0.05, 0) is 24.3 Å². The zero-order valence-electron chi connectivity index (χ0n) is 13.5. The molecule has 1 aromatic rings. The molecule has 0 saturated carbocycles. The summed E-state index contributed by atoms with van der Waals surface area (Å²) in [6.45, 7) is 4.18. The highest BCUT2D eigenvalue weighted by Crippen LogP contribution is 2.13. The fraction of sp³-hybridized carbons (Fsp3) is 0.556. The van der Waals surface area contributed by atoms with Crippen LogP contribution in [0.15, 0.2) is 30.3 Å². The van der Waals surface area contributed by atoms with Gasteiger partial charge < -0.3 is 10.4 Å². The first-order valence-corrected chi connectivity index (χ1v) is 8.10. The first-order valence-electron chi connectivity index (χ1n) is 8.10. The number of carboxylic acid groups (broad SMARTS) is 1. The minimum atomic E-state index is -0.827. The second-order valence-electron chi connectivity index (χ2n) is 5.77. The van der Waals surface area contributed by atoms with Gasteiger partial charge in [0.25, 0.3) is 0 Å². The van der Waals surface area contributed by atoms with E-state index >= 15 is 0 Å². The van der Waals surface area contributed by atoms with Crippen molar-refractivity contribution in [2.45, 2.75) is 58.4 Å². The van der Waals surface area contributed by atoms with Gasteiger partial charge in [-0.1, -0.05) is 57.0 Å². The lowest BCUT2D eigenvalue weighted by Gasteiger charge is -2.20. The molecule has 4 heteroatoms. The number of aliphatic carboxylic acids is 1. The highest BCUT2D eigenvalue weighted by molar-refractivity contribution is 5.76. The largest absolute Gasteiger partial charge is 0.481 e. The van der Waals surface area contributed by atoms with Crippen molar-refractivity contribution < 1.29 is 14.7 Å². The van der Waals surface area contributed by atoms with Crippen molar-refractivity contribution in [1.82, 2.24) is 5.32 Å². The summed E-state index contributed by atoms with van der Waals surface area (Å²) >= 11 is 0. The molecule has 2 N–H and O–H groups in total. The van der Waals surface area contributed by atoms with Gasteiger partial charge in [0.05, 0.1) is 0 Å². The quantitative estimate of drug-likeness (QED) is 0.696. The number of benzene rings is 1. The Balaban J connectivity index is 2.60. The molecule has 1 unspecified atom stereocenters. The molecule has 0 spiro atoms. The van der Waals surface area contributed by atoms with Crippen LogP contribution in [0.2, 0.25) is 0 Å². The van der Waals surface area contributed by atoms with Crippen molar-refractivity contribution >= 4 is 11.9 Å². The Morgan fingerprint density at radius 2 is 1.77 bits per heavy atom. The van der Waals surface area contributed by atoms with E-state index in [2.05, 4.69) is 19.2 Å². The van der Waals surface area contributed by atoms with Gasteiger partial charge in [0, 0.05) is 18.9 Å². The number of carboxylic acids is 1. The Morgan fingerprint density at radius 1 is 1.14 bits per heavy atom. The molecule has 1 rings (SSSR count). The van der Waals surface area contributed by atoms with Gasteiger partial charge in [0.15, 0.2) is 0 Å². The number of hydrogen-bond acceptors (Lipinski definition) is 2. The van der Waals surface area contributed by atoms with Crippen LogP contribution in [-0.4, -0.2) is 23.0 Å². The summed E-state index contributed by atoms with van der Waals surface area (Å²) in [5.41, 5.74) is 1.11. The molecule has 0 heterocycles. The fourth-order valence-electron chi connectivity index (χ4n) is 2.55. The van der Waals surface area contributed by atoms with E-state index in [4.69, 9.17) is 5.11 Å². The molecule has 4 nitrogen and oxygen atoms in total. The predicted molar refractivity (Wildman–Crippen MR) is 87.6 cm³/mol. The molecule has 0 saturated heterocycles. The summed E-state index contributed by atoms with van der Waals surface area (Å²) in [4.78, 5) is 23.0. The van der Waals surface area contributed by atoms with Crippen molar-refractivity contribution in [3.63, 3.8) is 0 Å². The van der Waals surface area contributed by atoms with Crippen LogP contribution in [0.5, 0.6) is 0 Å². The third-order valence-corrected chi connectivity index (χ3v) is 4.03. The van der Waals surface area contributed by atoms with Gasteiger partial charge in [0.2, 0.25) is 5.91 Å². The van der Waals surface area contributed by atoms with E-state index in [0.717, 1.165) is 18.4 Å². The SMILES string of the molecule is CCC(CC)CC(=O)NC(CCC(=O)O)Cc1ccccc1. The molecule has 0 aliphatic rings. The first kappa shape index (κ1) is 18.2. The summed E-state index contributed by atoms with van der Waals surface area (Å²) in [5.74, 6) is -0.399. The Morgan fingerprint density at radius 3 is 2.32 bits per heavy atom. The van der Waals surface area contributed by atoms with E-state index in [-0.39, 0.29) is 18.4 Å². The molecule has 0 aliphatic heterocycles. The van der Waals surface area contributed by atoms with Crippen molar-refractivity contribution in [3.05, 3.63) is 35.9 Å². The molecule has 122 valence electrons. The van der Waals surface area contributed by atoms with Crippen LogP contribution in [-0.2, 0) is 16.0 Å². The molecule has 0 radical (unpaired) electrons. The molecule has 1 atom stereocenters. The summed E-state index contributed by atoms with van der Waals surface area (Å²) in [7, 11) is 0. The van der Waals surface area contributed by atoms with Crippen molar-refractivity contribution in [2.75, 3.05) is 0 Å². The third-order valence-electron chi connectivity index (χ3n) is 4.03. The van der Waals surface area contributed by atoms with Crippen molar-refractivity contribution in [3.8, 4) is 0 Å². The molecular weight excluding hydrogens is 278 g/mol. The average Bonchev–Trinajstić information content (AvgIpc) is 2.51. The minimum absolute atomic E-state index is 0.0278. The zero-order valence-corrected chi connectivity index (χ0v) is 13.5. The molecule has 1 aromatic carbocycles. The number of hydrogen-bond donors (Lipinski definition) is 2. The number of nitrogens with one attached hydrogen (secondary N) is 1. The molecule has 1 amide bonds. The summed E-state index contributed by atoms with van der Waals surface area (Å²) in [5, 5.41) is 11.9.